The van der Waals surface area contributed by atoms with E-state index in [9.17, 15) is 4.79 Å². The Bertz CT molecular complexity index is 410. The first-order valence-corrected chi connectivity index (χ1v) is 6.00. The minimum atomic E-state index is -0.420. The predicted molar refractivity (Wildman–Crippen MR) is 77.0 cm³/mol. The van der Waals surface area contributed by atoms with Crippen molar-refractivity contribution in [1.29, 1.82) is 0 Å². The van der Waals surface area contributed by atoms with Gasteiger partial charge in [0.25, 0.3) is 5.91 Å². The van der Waals surface area contributed by atoms with Gasteiger partial charge in [-0.05, 0) is 48.0 Å². The number of rotatable bonds is 3. The first-order chi connectivity index (χ1) is 7.35. The number of carbonyl (C=O) groups is 1. The van der Waals surface area contributed by atoms with Crippen LogP contribution in [0.2, 0.25) is 5.02 Å². The zero-order chi connectivity index (χ0) is 12.3. The Hall–Kier alpha value is -0.290. The Morgan fingerprint density at radius 2 is 2.12 bits per heavy atom. The van der Waals surface area contributed by atoms with Crippen LogP contribution in [0.4, 0.5) is 0 Å². The molecule has 0 bridgehead atoms. The highest BCUT2D eigenvalue weighted by Crippen LogP contribution is 2.21. The summed E-state index contributed by atoms with van der Waals surface area (Å²) < 4.78 is 0.672. The molecule has 0 aromatic heterocycles. The third-order valence-electron chi connectivity index (χ3n) is 2.14. The largest absolute Gasteiger partial charge is 0.346 e. The summed E-state index contributed by atoms with van der Waals surface area (Å²) in [5.74, 6) is -0.168. The van der Waals surface area contributed by atoms with Gasteiger partial charge >= 0.3 is 0 Å². The summed E-state index contributed by atoms with van der Waals surface area (Å²) in [6, 6.07) is 5.04. The van der Waals surface area contributed by atoms with Crippen LogP contribution in [0.3, 0.4) is 0 Å². The predicted octanol–water partition coefficient (Wildman–Crippen LogP) is 2.99. The van der Waals surface area contributed by atoms with E-state index >= 15 is 0 Å². The van der Waals surface area contributed by atoms with E-state index < -0.39 is 5.54 Å². The second-order valence-corrected chi connectivity index (χ2v) is 5.46. The molecule has 0 aliphatic heterocycles. The average Bonchev–Trinajstić information content (AvgIpc) is 2.16. The monoisotopic (exact) mass is 340 g/mol. The van der Waals surface area contributed by atoms with Crippen LogP contribution < -0.4 is 11.1 Å². The second-order valence-electron chi connectivity index (χ2n) is 4.17. The van der Waals surface area contributed by atoms with Crippen LogP contribution in [0, 0.1) is 0 Å². The highest BCUT2D eigenvalue weighted by molar-refractivity contribution is 9.10. The van der Waals surface area contributed by atoms with Crippen LogP contribution >= 0.6 is 39.9 Å². The third kappa shape index (κ3) is 4.84. The first-order valence-electron chi connectivity index (χ1n) is 4.83. The molecular formula is C11H15BrCl2N2O. The number of hydrogen-bond acceptors (Lipinski definition) is 2. The van der Waals surface area contributed by atoms with Gasteiger partial charge in [0.1, 0.15) is 0 Å². The maximum atomic E-state index is 11.9. The summed E-state index contributed by atoms with van der Waals surface area (Å²) in [5, 5.41) is 3.43. The average molecular weight is 342 g/mol. The number of benzene rings is 1. The molecule has 6 heteroatoms. The van der Waals surface area contributed by atoms with E-state index in [-0.39, 0.29) is 18.3 Å². The van der Waals surface area contributed by atoms with Gasteiger partial charge in [0.2, 0.25) is 0 Å². The second kappa shape index (κ2) is 6.59. The summed E-state index contributed by atoms with van der Waals surface area (Å²) in [6.07, 6.45) is 0. The zero-order valence-electron chi connectivity index (χ0n) is 9.59. The van der Waals surface area contributed by atoms with E-state index in [1.54, 1.807) is 18.2 Å². The summed E-state index contributed by atoms with van der Waals surface area (Å²) in [5.41, 5.74) is 5.67. The molecule has 0 heterocycles. The lowest BCUT2D eigenvalue weighted by Gasteiger charge is -2.24. The molecule has 17 heavy (non-hydrogen) atoms. The van der Waals surface area contributed by atoms with Crippen molar-refractivity contribution >= 4 is 45.8 Å². The standard InChI is InChI=1S/C11H14BrClN2O.ClH/c1-11(2,6-14)15-10(16)8-4-3-7(13)5-9(8)12;/h3-5H,6,14H2,1-2H3,(H,15,16);1H. The Morgan fingerprint density at radius 3 is 2.59 bits per heavy atom. The van der Waals surface area contributed by atoms with Crippen LogP contribution in [0.1, 0.15) is 24.2 Å². The number of halogens is 3. The van der Waals surface area contributed by atoms with Gasteiger partial charge in [-0.3, -0.25) is 4.79 Å². The number of carbonyl (C=O) groups excluding carboxylic acids is 1. The smallest absolute Gasteiger partial charge is 0.252 e. The van der Waals surface area contributed by atoms with Crippen LogP contribution in [-0.2, 0) is 0 Å². The molecule has 0 saturated carbocycles. The van der Waals surface area contributed by atoms with Crippen molar-refractivity contribution < 1.29 is 4.79 Å². The molecule has 0 aliphatic carbocycles. The molecule has 0 aliphatic rings. The van der Waals surface area contributed by atoms with Gasteiger partial charge in [-0.15, -0.1) is 12.4 Å². The van der Waals surface area contributed by atoms with Crippen molar-refractivity contribution in [2.24, 2.45) is 5.73 Å². The van der Waals surface area contributed by atoms with Crippen molar-refractivity contribution in [1.82, 2.24) is 5.32 Å². The molecule has 1 amide bonds. The lowest BCUT2D eigenvalue weighted by molar-refractivity contribution is 0.0915. The molecule has 96 valence electrons. The fourth-order valence-electron chi connectivity index (χ4n) is 1.10. The molecule has 0 unspecified atom stereocenters. The van der Waals surface area contributed by atoms with Gasteiger partial charge in [-0.25, -0.2) is 0 Å². The molecule has 1 rings (SSSR count). The lowest BCUT2D eigenvalue weighted by atomic mass is 10.1. The lowest BCUT2D eigenvalue weighted by Crippen LogP contribution is -2.48. The molecule has 0 saturated heterocycles. The van der Waals surface area contributed by atoms with Crippen LogP contribution in [-0.4, -0.2) is 18.0 Å². The topological polar surface area (TPSA) is 55.1 Å². The maximum absolute atomic E-state index is 11.9. The number of hydrogen-bond donors (Lipinski definition) is 2. The highest BCUT2D eigenvalue weighted by Gasteiger charge is 2.20. The van der Waals surface area contributed by atoms with E-state index in [1.165, 1.54) is 0 Å². The Labute approximate surface area is 121 Å². The highest BCUT2D eigenvalue weighted by atomic mass is 79.9. The van der Waals surface area contributed by atoms with Gasteiger partial charge in [0.05, 0.1) is 5.56 Å². The van der Waals surface area contributed by atoms with Crippen molar-refractivity contribution in [3.8, 4) is 0 Å². The first kappa shape index (κ1) is 16.7. The third-order valence-corrected chi connectivity index (χ3v) is 3.03. The van der Waals surface area contributed by atoms with Crippen molar-refractivity contribution in [2.75, 3.05) is 6.54 Å². The summed E-state index contributed by atoms with van der Waals surface area (Å²) >= 11 is 9.10. The van der Waals surface area contributed by atoms with E-state index in [0.29, 0.717) is 21.6 Å². The van der Waals surface area contributed by atoms with E-state index in [1.807, 2.05) is 13.8 Å². The molecular weight excluding hydrogens is 327 g/mol. The molecule has 0 atom stereocenters. The Balaban J connectivity index is 0.00000256. The number of amides is 1. The van der Waals surface area contributed by atoms with Gasteiger partial charge < -0.3 is 11.1 Å². The summed E-state index contributed by atoms with van der Waals surface area (Å²) in [6.45, 7) is 4.12. The minimum absolute atomic E-state index is 0. The molecule has 0 fully saturated rings. The number of nitrogens with one attached hydrogen (secondary N) is 1. The number of nitrogens with two attached hydrogens (primary N) is 1. The summed E-state index contributed by atoms with van der Waals surface area (Å²) in [4.78, 5) is 11.9. The van der Waals surface area contributed by atoms with E-state index in [4.69, 9.17) is 17.3 Å². The van der Waals surface area contributed by atoms with Crippen LogP contribution in [0.15, 0.2) is 22.7 Å². The molecule has 3 N–H and O–H groups in total. The van der Waals surface area contributed by atoms with Gasteiger partial charge in [-0.2, -0.15) is 0 Å². The van der Waals surface area contributed by atoms with E-state index in [2.05, 4.69) is 21.2 Å². The zero-order valence-corrected chi connectivity index (χ0v) is 12.7. The van der Waals surface area contributed by atoms with E-state index in [0.717, 1.165) is 0 Å². The Morgan fingerprint density at radius 1 is 1.53 bits per heavy atom. The molecule has 3 nitrogen and oxygen atoms in total. The van der Waals surface area contributed by atoms with Crippen molar-refractivity contribution in [3.05, 3.63) is 33.3 Å². The van der Waals surface area contributed by atoms with Gasteiger partial charge in [-0.1, -0.05) is 11.6 Å². The molecule has 0 spiro atoms. The molecule has 1 aromatic rings. The fourth-order valence-corrected chi connectivity index (χ4v) is 1.96. The van der Waals surface area contributed by atoms with Crippen LogP contribution in [0.5, 0.6) is 0 Å². The quantitative estimate of drug-likeness (QED) is 0.887. The molecule has 0 radical (unpaired) electrons. The van der Waals surface area contributed by atoms with Gasteiger partial charge in [0, 0.05) is 21.6 Å². The normalized spacial score (nSPS) is 10.6. The maximum Gasteiger partial charge on any atom is 0.252 e. The fraction of sp³-hybridized carbons (Fsp3) is 0.364. The van der Waals surface area contributed by atoms with Gasteiger partial charge in [0.15, 0.2) is 0 Å². The van der Waals surface area contributed by atoms with Crippen molar-refractivity contribution in [2.45, 2.75) is 19.4 Å². The SMILES string of the molecule is CC(C)(CN)NC(=O)c1ccc(Cl)cc1Br.Cl. The van der Waals surface area contributed by atoms with Crippen LogP contribution in [0.25, 0.3) is 0 Å². The summed E-state index contributed by atoms with van der Waals surface area (Å²) in [7, 11) is 0. The Kier molecular flexibility index (Phi) is 6.48. The molecule has 1 aromatic carbocycles. The van der Waals surface area contributed by atoms with Crippen molar-refractivity contribution in [3.63, 3.8) is 0 Å². The minimum Gasteiger partial charge on any atom is -0.346 e.